The van der Waals surface area contributed by atoms with E-state index in [1.54, 1.807) is 10.8 Å². The quantitative estimate of drug-likeness (QED) is 0.847. The molecule has 0 bridgehead atoms. The van der Waals surface area contributed by atoms with Gasteiger partial charge in [0.25, 0.3) is 0 Å². The molecule has 0 aromatic carbocycles. The summed E-state index contributed by atoms with van der Waals surface area (Å²) in [7, 11) is 0. The standard InChI is InChI=1S/C13H19N5O/c1-3-6-15-10(19)5-8-18-12-11(17-13(18)14)9(2)4-7-16-12/h4,7H,3,5-6,8H2,1-2H3,(H2,14,17)(H,15,19). The van der Waals surface area contributed by atoms with Gasteiger partial charge >= 0.3 is 0 Å². The smallest absolute Gasteiger partial charge is 0.221 e. The number of aryl methyl sites for hydroxylation is 2. The number of fused-ring (bicyclic) bond motifs is 1. The maximum absolute atomic E-state index is 11.6. The average Bonchev–Trinajstić information content (AvgIpc) is 2.71. The van der Waals surface area contributed by atoms with Crippen molar-refractivity contribution in [3.05, 3.63) is 17.8 Å². The number of aromatic nitrogens is 3. The van der Waals surface area contributed by atoms with Gasteiger partial charge in [-0.25, -0.2) is 9.97 Å². The van der Waals surface area contributed by atoms with Crippen LogP contribution in [0.1, 0.15) is 25.3 Å². The third-order valence-electron chi connectivity index (χ3n) is 3.00. The van der Waals surface area contributed by atoms with Gasteiger partial charge in [0.15, 0.2) is 5.65 Å². The minimum absolute atomic E-state index is 0.0238. The summed E-state index contributed by atoms with van der Waals surface area (Å²) in [6, 6.07) is 1.90. The second-order valence-corrected chi connectivity index (χ2v) is 4.52. The van der Waals surface area contributed by atoms with Crippen molar-refractivity contribution in [2.45, 2.75) is 33.2 Å². The molecule has 0 atom stereocenters. The zero-order valence-corrected chi connectivity index (χ0v) is 11.3. The highest BCUT2D eigenvalue weighted by atomic mass is 16.1. The Morgan fingerprint density at radius 1 is 1.53 bits per heavy atom. The molecule has 0 aliphatic heterocycles. The number of nitrogens with one attached hydrogen (secondary N) is 1. The Hall–Kier alpha value is -2.11. The van der Waals surface area contributed by atoms with Gasteiger partial charge in [-0.15, -0.1) is 0 Å². The van der Waals surface area contributed by atoms with Crippen LogP contribution >= 0.6 is 0 Å². The second kappa shape index (κ2) is 5.69. The van der Waals surface area contributed by atoms with E-state index in [0.29, 0.717) is 25.5 Å². The first-order valence-corrected chi connectivity index (χ1v) is 6.47. The normalized spacial score (nSPS) is 10.8. The Morgan fingerprint density at radius 3 is 3.05 bits per heavy atom. The van der Waals surface area contributed by atoms with E-state index in [1.165, 1.54) is 0 Å². The Kier molecular flexibility index (Phi) is 3.99. The molecule has 0 spiro atoms. The van der Waals surface area contributed by atoms with Crippen LogP contribution in [0, 0.1) is 6.92 Å². The molecule has 0 aliphatic rings. The number of amides is 1. The van der Waals surface area contributed by atoms with Gasteiger partial charge in [-0.05, 0) is 25.0 Å². The van der Waals surface area contributed by atoms with E-state index in [9.17, 15) is 4.79 Å². The average molecular weight is 261 g/mol. The molecule has 0 saturated carbocycles. The van der Waals surface area contributed by atoms with Crippen molar-refractivity contribution in [1.29, 1.82) is 0 Å². The zero-order chi connectivity index (χ0) is 13.8. The first-order valence-electron chi connectivity index (χ1n) is 6.47. The molecule has 6 heteroatoms. The summed E-state index contributed by atoms with van der Waals surface area (Å²) < 4.78 is 1.79. The molecule has 2 aromatic rings. The Morgan fingerprint density at radius 2 is 2.32 bits per heavy atom. The summed E-state index contributed by atoms with van der Waals surface area (Å²) in [6.45, 7) is 5.19. The molecule has 0 aliphatic carbocycles. The van der Waals surface area contributed by atoms with Gasteiger partial charge < -0.3 is 11.1 Å². The summed E-state index contributed by atoms with van der Waals surface area (Å²) in [6.07, 6.45) is 3.04. The fourth-order valence-electron chi connectivity index (χ4n) is 1.94. The van der Waals surface area contributed by atoms with E-state index in [2.05, 4.69) is 15.3 Å². The fraction of sp³-hybridized carbons (Fsp3) is 0.462. The number of nitrogen functional groups attached to an aromatic ring is 1. The number of carbonyl (C=O) groups excluding carboxylic acids is 1. The number of nitrogens with zero attached hydrogens (tertiary/aromatic N) is 3. The molecule has 2 rings (SSSR count). The molecule has 0 saturated heterocycles. The highest BCUT2D eigenvalue weighted by Gasteiger charge is 2.12. The van der Waals surface area contributed by atoms with Crippen molar-refractivity contribution < 1.29 is 4.79 Å². The molecule has 3 N–H and O–H groups in total. The van der Waals surface area contributed by atoms with E-state index < -0.39 is 0 Å². The van der Waals surface area contributed by atoms with Gasteiger partial charge in [0.1, 0.15) is 5.52 Å². The monoisotopic (exact) mass is 261 g/mol. The van der Waals surface area contributed by atoms with Crippen LogP contribution in [0.5, 0.6) is 0 Å². The Balaban J connectivity index is 2.15. The predicted molar refractivity (Wildman–Crippen MR) is 74.6 cm³/mol. The van der Waals surface area contributed by atoms with Crippen molar-refractivity contribution in [3.63, 3.8) is 0 Å². The van der Waals surface area contributed by atoms with Crippen molar-refractivity contribution in [1.82, 2.24) is 19.9 Å². The highest BCUT2D eigenvalue weighted by molar-refractivity contribution is 5.78. The number of nitrogens with two attached hydrogens (primary N) is 1. The largest absolute Gasteiger partial charge is 0.369 e. The number of anilines is 1. The topological polar surface area (TPSA) is 85.8 Å². The molecule has 0 radical (unpaired) electrons. The Labute approximate surface area is 112 Å². The molecule has 1 amide bonds. The summed E-state index contributed by atoms with van der Waals surface area (Å²) in [5.74, 6) is 0.427. The third kappa shape index (κ3) is 2.83. The third-order valence-corrected chi connectivity index (χ3v) is 3.00. The SMILES string of the molecule is CCCNC(=O)CCn1c(N)nc2c(C)ccnc21. The Bertz CT molecular complexity index is 590. The maximum atomic E-state index is 11.6. The lowest BCUT2D eigenvalue weighted by Gasteiger charge is -2.06. The van der Waals surface area contributed by atoms with Crippen LogP contribution in [0.3, 0.4) is 0 Å². The van der Waals surface area contributed by atoms with E-state index in [4.69, 9.17) is 5.73 Å². The predicted octanol–water partition coefficient (Wildman–Crippen LogP) is 1.24. The maximum Gasteiger partial charge on any atom is 0.221 e. The molecule has 19 heavy (non-hydrogen) atoms. The van der Waals surface area contributed by atoms with Gasteiger partial charge in [0.2, 0.25) is 11.9 Å². The number of imidazole rings is 1. The summed E-state index contributed by atoms with van der Waals surface area (Å²) in [5, 5.41) is 2.84. The lowest BCUT2D eigenvalue weighted by Crippen LogP contribution is -2.25. The molecule has 2 aromatic heterocycles. The molecule has 0 fully saturated rings. The number of rotatable bonds is 5. The van der Waals surface area contributed by atoms with Crippen molar-refractivity contribution in [3.8, 4) is 0 Å². The zero-order valence-electron chi connectivity index (χ0n) is 11.3. The van der Waals surface area contributed by atoms with Crippen molar-refractivity contribution in [2.24, 2.45) is 0 Å². The molecule has 102 valence electrons. The van der Waals surface area contributed by atoms with Crippen molar-refractivity contribution in [2.75, 3.05) is 12.3 Å². The number of carbonyl (C=O) groups is 1. The van der Waals surface area contributed by atoms with Crippen molar-refractivity contribution >= 4 is 23.0 Å². The number of hydrogen-bond donors (Lipinski definition) is 2. The van der Waals surface area contributed by atoms with E-state index in [-0.39, 0.29) is 5.91 Å². The minimum atomic E-state index is 0.0238. The molecule has 0 unspecified atom stereocenters. The number of pyridine rings is 1. The number of hydrogen-bond acceptors (Lipinski definition) is 4. The van der Waals surface area contributed by atoms with Crippen LogP contribution < -0.4 is 11.1 Å². The molecule has 2 heterocycles. The van der Waals surface area contributed by atoms with Crippen LogP contribution in [0.15, 0.2) is 12.3 Å². The summed E-state index contributed by atoms with van der Waals surface area (Å²) in [5.41, 5.74) is 8.46. The van der Waals surface area contributed by atoms with Crippen LogP contribution in [0.2, 0.25) is 0 Å². The van der Waals surface area contributed by atoms with E-state index in [1.807, 2.05) is 19.9 Å². The van der Waals surface area contributed by atoms with Gasteiger partial charge in [-0.1, -0.05) is 6.92 Å². The fourth-order valence-corrected chi connectivity index (χ4v) is 1.94. The summed E-state index contributed by atoms with van der Waals surface area (Å²) >= 11 is 0. The molecule has 6 nitrogen and oxygen atoms in total. The first-order chi connectivity index (χ1) is 9.13. The molecular formula is C13H19N5O. The molecular weight excluding hydrogens is 242 g/mol. The van der Waals surface area contributed by atoms with Crippen LogP contribution in [-0.4, -0.2) is 27.0 Å². The lowest BCUT2D eigenvalue weighted by atomic mass is 10.3. The van der Waals surface area contributed by atoms with Crippen LogP contribution in [-0.2, 0) is 11.3 Å². The van der Waals surface area contributed by atoms with Gasteiger partial charge in [0, 0.05) is 25.7 Å². The van der Waals surface area contributed by atoms with Gasteiger partial charge in [0.05, 0.1) is 0 Å². The van der Waals surface area contributed by atoms with E-state index in [0.717, 1.165) is 23.1 Å². The van der Waals surface area contributed by atoms with Gasteiger partial charge in [-0.3, -0.25) is 9.36 Å². The van der Waals surface area contributed by atoms with Crippen LogP contribution in [0.25, 0.3) is 11.2 Å². The first kappa shape index (κ1) is 13.3. The highest BCUT2D eigenvalue weighted by Crippen LogP contribution is 2.18. The summed E-state index contributed by atoms with van der Waals surface area (Å²) in [4.78, 5) is 20.2. The second-order valence-electron chi connectivity index (χ2n) is 4.52. The lowest BCUT2D eigenvalue weighted by molar-refractivity contribution is -0.121. The van der Waals surface area contributed by atoms with Gasteiger partial charge in [-0.2, -0.15) is 0 Å². The van der Waals surface area contributed by atoms with E-state index >= 15 is 0 Å². The van der Waals surface area contributed by atoms with Crippen LogP contribution in [0.4, 0.5) is 5.95 Å². The minimum Gasteiger partial charge on any atom is -0.369 e.